The van der Waals surface area contributed by atoms with Crippen LogP contribution in [0.5, 0.6) is 0 Å². The summed E-state index contributed by atoms with van der Waals surface area (Å²) in [6.07, 6.45) is 5.09. The molecule has 3 nitrogen and oxygen atoms in total. The molecule has 102 valence electrons. The third kappa shape index (κ3) is 3.32. The predicted molar refractivity (Wildman–Crippen MR) is 82.8 cm³/mol. The maximum Gasteiger partial charge on any atom is 0.0853 e. The second-order valence-corrected chi connectivity index (χ2v) is 5.54. The highest BCUT2D eigenvalue weighted by atomic mass is 32.2. The smallest absolute Gasteiger partial charge is 0.0853 e. The summed E-state index contributed by atoms with van der Waals surface area (Å²) in [5, 5.41) is 8.00. The molecule has 0 bridgehead atoms. The van der Waals surface area contributed by atoms with E-state index < -0.39 is 0 Å². The van der Waals surface area contributed by atoms with Crippen molar-refractivity contribution in [1.29, 1.82) is 0 Å². The van der Waals surface area contributed by atoms with Crippen LogP contribution >= 0.6 is 11.8 Å². The first-order valence-corrected chi connectivity index (χ1v) is 7.79. The van der Waals surface area contributed by atoms with E-state index in [1.807, 2.05) is 17.9 Å². The predicted octanol–water partition coefficient (Wildman–Crippen LogP) is 3.88. The summed E-state index contributed by atoms with van der Waals surface area (Å²) >= 11 is 1.77. The zero-order chi connectivity index (χ0) is 13.8. The third-order valence-corrected chi connectivity index (χ3v) is 3.97. The van der Waals surface area contributed by atoms with Crippen molar-refractivity contribution in [2.45, 2.75) is 31.2 Å². The molecule has 1 unspecified atom stereocenters. The molecular formula is C15H21N3S. The van der Waals surface area contributed by atoms with E-state index >= 15 is 0 Å². The molecule has 0 aliphatic heterocycles. The first-order chi connectivity index (χ1) is 9.13. The van der Waals surface area contributed by atoms with Gasteiger partial charge in [0.05, 0.1) is 11.4 Å². The van der Waals surface area contributed by atoms with Gasteiger partial charge in [0.2, 0.25) is 0 Å². The normalized spacial score (nSPS) is 12.4. The van der Waals surface area contributed by atoms with E-state index in [1.165, 1.54) is 10.5 Å². The Morgan fingerprint density at radius 2 is 2.00 bits per heavy atom. The van der Waals surface area contributed by atoms with Gasteiger partial charge in [-0.25, -0.2) is 0 Å². The van der Waals surface area contributed by atoms with Crippen molar-refractivity contribution in [2.75, 3.05) is 11.6 Å². The zero-order valence-electron chi connectivity index (χ0n) is 12.0. The average molecular weight is 275 g/mol. The molecule has 19 heavy (non-hydrogen) atoms. The topological polar surface area (TPSA) is 29.9 Å². The third-order valence-electron chi connectivity index (χ3n) is 3.23. The van der Waals surface area contributed by atoms with Gasteiger partial charge < -0.3 is 5.32 Å². The number of nitrogens with zero attached hydrogens (tertiary/aromatic N) is 2. The molecule has 0 fully saturated rings. The molecule has 0 amide bonds. The minimum absolute atomic E-state index is 0.283. The second-order valence-electron chi connectivity index (χ2n) is 4.66. The second kappa shape index (κ2) is 6.15. The lowest BCUT2D eigenvalue weighted by molar-refractivity contribution is 0.746. The Bertz CT molecular complexity index is 531. The van der Waals surface area contributed by atoms with E-state index in [1.54, 1.807) is 11.8 Å². The van der Waals surface area contributed by atoms with Gasteiger partial charge in [-0.05, 0) is 37.3 Å². The van der Waals surface area contributed by atoms with Crippen LogP contribution in [0.25, 0.3) is 0 Å². The summed E-state index contributed by atoms with van der Waals surface area (Å²) in [6.45, 7) is 4.31. The van der Waals surface area contributed by atoms with E-state index in [-0.39, 0.29) is 6.04 Å². The van der Waals surface area contributed by atoms with Crippen molar-refractivity contribution < 1.29 is 0 Å². The number of nitrogens with one attached hydrogen (secondary N) is 1. The summed E-state index contributed by atoms with van der Waals surface area (Å²) in [5.74, 6) is 0. The van der Waals surface area contributed by atoms with Crippen LogP contribution < -0.4 is 5.32 Å². The largest absolute Gasteiger partial charge is 0.376 e. The van der Waals surface area contributed by atoms with Crippen molar-refractivity contribution >= 4 is 17.4 Å². The molecule has 0 aliphatic carbocycles. The van der Waals surface area contributed by atoms with Gasteiger partial charge in [0, 0.05) is 24.2 Å². The van der Waals surface area contributed by atoms with E-state index in [0.29, 0.717) is 0 Å². The number of aromatic nitrogens is 2. The van der Waals surface area contributed by atoms with E-state index in [2.05, 4.69) is 54.8 Å². The summed E-state index contributed by atoms with van der Waals surface area (Å²) in [6, 6.07) is 8.99. The number of hydrogen-bond donors (Lipinski definition) is 1. The fraction of sp³-hybridized carbons (Fsp3) is 0.400. The first kappa shape index (κ1) is 14.0. The molecule has 1 aromatic carbocycles. The number of benzene rings is 1. The highest BCUT2D eigenvalue weighted by Crippen LogP contribution is 2.24. The van der Waals surface area contributed by atoms with Gasteiger partial charge in [-0.2, -0.15) is 5.10 Å². The van der Waals surface area contributed by atoms with Gasteiger partial charge in [-0.1, -0.05) is 19.1 Å². The minimum Gasteiger partial charge on any atom is -0.376 e. The lowest BCUT2D eigenvalue weighted by atomic mass is 10.1. The van der Waals surface area contributed by atoms with Crippen molar-refractivity contribution in [2.24, 2.45) is 7.05 Å². The van der Waals surface area contributed by atoms with Crippen molar-refractivity contribution in [1.82, 2.24) is 9.78 Å². The lowest BCUT2D eigenvalue weighted by Gasteiger charge is -2.15. The molecule has 0 saturated heterocycles. The van der Waals surface area contributed by atoms with Crippen LogP contribution in [0.15, 0.2) is 35.4 Å². The molecule has 2 aromatic rings. The molecule has 2 rings (SSSR count). The highest BCUT2D eigenvalue weighted by Gasteiger charge is 2.10. The molecular weight excluding hydrogens is 254 g/mol. The summed E-state index contributed by atoms with van der Waals surface area (Å²) < 4.78 is 1.87. The van der Waals surface area contributed by atoms with Gasteiger partial charge in [0.25, 0.3) is 0 Å². The molecule has 0 saturated carbocycles. The molecule has 4 heteroatoms. The van der Waals surface area contributed by atoms with Crippen LogP contribution in [0.4, 0.5) is 5.69 Å². The average Bonchev–Trinajstić information content (AvgIpc) is 2.78. The summed E-state index contributed by atoms with van der Waals surface area (Å²) in [7, 11) is 1.96. The van der Waals surface area contributed by atoms with Gasteiger partial charge in [-0.3, -0.25) is 4.68 Å². The number of anilines is 1. The van der Waals surface area contributed by atoms with Crippen molar-refractivity contribution in [3.8, 4) is 0 Å². The summed E-state index contributed by atoms with van der Waals surface area (Å²) in [5.41, 5.74) is 3.55. The van der Waals surface area contributed by atoms with E-state index in [0.717, 1.165) is 17.8 Å². The molecule has 0 spiro atoms. The number of thioether (sulfide) groups is 1. The zero-order valence-corrected chi connectivity index (χ0v) is 12.8. The van der Waals surface area contributed by atoms with E-state index in [9.17, 15) is 0 Å². The lowest BCUT2D eigenvalue weighted by Crippen LogP contribution is -2.07. The molecule has 0 aliphatic rings. The quantitative estimate of drug-likeness (QED) is 0.840. The Kier molecular flexibility index (Phi) is 4.53. The number of aryl methyl sites for hydroxylation is 2. The van der Waals surface area contributed by atoms with Crippen LogP contribution in [0.1, 0.15) is 31.1 Å². The van der Waals surface area contributed by atoms with Crippen LogP contribution in [-0.2, 0) is 13.5 Å². The van der Waals surface area contributed by atoms with Gasteiger partial charge >= 0.3 is 0 Å². The first-order valence-electron chi connectivity index (χ1n) is 6.57. The Labute approximate surface area is 119 Å². The Balaban J connectivity index is 2.12. The Morgan fingerprint density at radius 1 is 1.32 bits per heavy atom. The standard InChI is InChI=1S/C15H21N3S/c1-5-14-15(10-18(3)17-14)16-11(2)12-6-8-13(19-4)9-7-12/h6-11,16H,5H2,1-4H3. The minimum atomic E-state index is 0.283. The number of rotatable bonds is 5. The van der Waals surface area contributed by atoms with Gasteiger partial charge in [0.1, 0.15) is 0 Å². The van der Waals surface area contributed by atoms with Crippen molar-refractivity contribution in [3.63, 3.8) is 0 Å². The molecule has 1 N–H and O–H groups in total. The highest BCUT2D eigenvalue weighted by molar-refractivity contribution is 7.98. The maximum atomic E-state index is 4.45. The van der Waals surface area contributed by atoms with Crippen LogP contribution in [0, 0.1) is 0 Å². The Hall–Kier alpha value is -1.42. The molecule has 1 atom stereocenters. The van der Waals surface area contributed by atoms with Gasteiger partial charge in [0.15, 0.2) is 0 Å². The van der Waals surface area contributed by atoms with E-state index in [4.69, 9.17) is 0 Å². The maximum absolute atomic E-state index is 4.45. The van der Waals surface area contributed by atoms with Crippen LogP contribution in [0.3, 0.4) is 0 Å². The van der Waals surface area contributed by atoms with Gasteiger partial charge in [-0.15, -0.1) is 11.8 Å². The number of hydrogen-bond acceptors (Lipinski definition) is 3. The monoisotopic (exact) mass is 275 g/mol. The summed E-state index contributed by atoms with van der Waals surface area (Å²) in [4.78, 5) is 1.30. The molecule has 0 radical (unpaired) electrons. The SMILES string of the molecule is CCc1nn(C)cc1NC(C)c1ccc(SC)cc1. The molecule has 1 aromatic heterocycles. The Morgan fingerprint density at radius 3 is 2.58 bits per heavy atom. The fourth-order valence-electron chi connectivity index (χ4n) is 2.13. The van der Waals surface area contributed by atoms with Crippen molar-refractivity contribution in [3.05, 3.63) is 41.7 Å². The molecule has 1 heterocycles. The van der Waals surface area contributed by atoms with Crippen LogP contribution in [0.2, 0.25) is 0 Å². The fourth-order valence-corrected chi connectivity index (χ4v) is 2.53. The van der Waals surface area contributed by atoms with Crippen LogP contribution in [-0.4, -0.2) is 16.0 Å².